The molecule has 0 aromatic carbocycles. The molecule has 0 saturated carbocycles. The third-order valence-electron chi connectivity index (χ3n) is 3.29. The van der Waals surface area contributed by atoms with Crippen molar-refractivity contribution in [3.8, 4) is 0 Å². The molecule has 0 fully saturated rings. The summed E-state index contributed by atoms with van der Waals surface area (Å²) in [4.78, 5) is 2.33. The predicted octanol–water partition coefficient (Wildman–Crippen LogP) is 3.56. The van der Waals surface area contributed by atoms with E-state index in [9.17, 15) is 0 Å². The number of hydrogen-bond acceptors (Lipinski definition) is 3. The van der Waals surface area contributed by atoms with Crippen LogP contribution >= 0.6 is 0 Å². The summed E-state index contributed by atoms with van der Waals surface area (Å²) in [5.41, 5.74) is 1.28. The van der Waals surface area contributed by atoms with Gasteiger partial charge in [0.05, 0.1) is 6.54 Å². The second-order valence-corrected chi connectivity index (χ2v) is 6.25. The van der Waals surface area contributed by atoms with E-state index < -0.39 is 0 Å². The molecule has 3 nitrogen and oxygen atoms in total. The monoisotopic (exact) mass is 266 g/mol. The van der Waals surface area contributed by atoms with Gasteiger partial charge in [-0.05, 0) is 38.9 Å². The van der Waals surface area contributed by atoms with Crippen molar-refractivity contribution in [2.75, 3.05) is 13.6 Å². The second-order valence-electron chi connectivity index (χ2n) is 6.25. The van der Waals surface area contributed by atoms with E-state index in [0.717, 1.165) is 37.1 Å². The smallest absolute Gasteiger partial charge is 0.118 e. The van der Waals surface area contributed by atoms with Gasteiger partial charge >= 0.3 is 0 Å². The van der Waals surface area contributed by atoms with Crippen LogP contribution in [0.3, 0.4) is 0 Å². The fourth-order valence-corrected chi connectivity index (χ4v) is 1.98. The van der Waals surface area contributed by atoms with Gasteiger partial charge in [0.25, 0.3) is 0 Å². The Morgan fingerprint density at radius 1 is 1.26 bits per heavy atom. The predicted molar refractivity (Wildman–Crippen MR) is 81.2 cm³/mol. The summed E-state index contributed by atoms with van der Waals surface area (Å²) < 4.78 is 5.84. The Bertz CT molecular complexity index is 369. The molecular weight excluding hydrogens is 236 g/mol. The van der Waals surface area contributed by atoms with Crippen molar-refractivity contribution in [3.05, 3.63) is 23.2 Å². The van der Waals surface area contributed by atoms with Crippen LogP contribution in [0.25, 0.3) is 0 Å². The Morgan fingerprint density at radius 2 is 1.95 bits per heavy atom. The Kier molecular flexibility index (Phi) is 6.59. The number of rotatable bonds is 8. The quantitative estimate of drug-likeness (QED) is 0.780. The Hall–Kier alpha value is -0.800. The second kappa shape index (κ2) is 7.71. The van der Waals surface area contributed by atoms with Gasteiger partial charge in [0.1, 0.15) is 11.5 Å². The largest absolute Gasteiger partial charge is 0.465 e. The molecule has 0 amide bonds. The first-order valence-electron chi connectivity index (χ1n) is 7.38. The third kappa shape index (κ3) is 6.26. The maximum atomic E-state index is 5.84. The van der Waals surface area contributed by atoms with Gasteiger partial charge in [-0.2, -0.15) is 0 Å². The fourth-order valence-electron chi connectivity index (χ4n) is 1.98. The van der Waals surface area contributed by atoms with Crippen LogP contribution in [0.5, 0.6) is 0 Å². The Labute approximate surface area is 118 Å². The number of hydrogen-bond donors (Lipinski definition) is 1. The molecule has 0 aliphatic heterocycles. The van der Waals surface area contributed by atoms with Crippen molar-refractivity contribution in [2.24, 2.45) is 5.92 Å². The molecular formula is C16H30N2O. The summed E-state index contributed by atoms with van der Waals surface area (Å²) in [6, 6.07) is 2.70. The summed E-state index contributed by atoms with van der Waals surface area (Å²) >= 11 is 0. The van der Waals surface area contributed by atoms with E-state index in [-0.39, 0.29) is 0 Å². The van der Waals surface area contributed by atoms with Crippen molar-refractivity contribution in [1.29, 1.82) is 0 Å². The topological polar surface area (TPSA) is 28.4 Å². The van der Waals surface area contributed by atoms with Crippen molar-refractivity contribution >= 4 is 0 Å². The average Bonchev–Trinajstić information content (AvgIpc) is 2.64. The molecule has 1 aromatic rings. The van der Waals surface area contributed by atoms with Crippen LogP contribution in [0.4, 0.5) is 0 Å². The minimum Gasteiger partial charge on any atom is -0.465 e. The van der Waals surface area contributed by atoms with Crippen molar-refractivity contribution < 1.29 is 4.42 Å². The first kappa shape index (κ1) is 16.3. The van der Waals surface area contributed by atoms with E-state index in [2.05, 4.69) is 57.9 Å². The zero-order valence-corrected chi connectivity index (χ0v) is 13.4. The molecule has 1 N–H and O–H groups in total. The lowest BCUT2D eigenvalue weighted by Gasteiger charge is -2.16. The molecule has 0 radical (unpaired) electrons. The summed E-state index contributed by atoms with van der Waals surface area (Å²) in [6.07, 6.45) is 1.23. The van der Waals surface area contributed by atoms with E-state index in [1.807, 2.05) is 0 Å². The minimum absolute atomic E-state index is 0.506. The van der Waals surface area contributed by atoms with Gasteiger partial charge in [-0.1, -0.05) is 27.7 Å². The molecule has 1 heterocycles. The van der Waals surface area contributed by atoms with Crippen molar-refractivity contribution in [2.45, 2.75) is 60.2 Å². The minimum atomic E-state index is 0.506. The van der Waals surface area contributed by atoms with Crippen LogP contribution < -0.4 is 5.32 Å². The fraction of sp³-hybridized carbons (Fsp3) is 0.750. The van der Waals surface area contributed by atoms with E-state index in [1.54, 1.807) is 0 Å². The van der Waals surface area contributed by atoms with Crippen LogP contribution in [-0.4, -0.2) is 24.5 Å². The maximum absolute atomic E-state index is 5.84. The average molecular weight is 266 g/mol. The van der Waals surface area contributed by atoms with Gasteiger partial charge < -0.3 is 9.73 Å². The molecule has 0 aliphatic rings. The highest BCUT2D eigenvalue weighted by Crippen LogP contribution is 2.16. The van der Waals surface area contributed by atoms with Crippen molar-refractivity contribution in [1.82, 2.24) is 10.2 Å². The number of aryl methyl sites for hydroxylation is 1. The summed E-state index contributed by atoms with van der Waals surface area (Å²) in [6.45, 7) is 13.8. The number of nitrogens with zero attached hydrogens (tertiary/aromatic N) is 1. The van der Waals surface area contributed by atoms with Gasteiger partial charge in [-0.15, -0.1) is 0 Å². The van der Waals surface area contributed by atoms with Crippen LogP contribution in [0.1, 0.15) is 51.2 Å². The maximum Gasteiger partial charge on any atom is 0.118 e. The van der Waals surface area contributed by atoms with E-state index in [0.29, 0.717) is 6.04 Å². The van der Waals surface area contributed by atoms with Gasteiger partial charge in [-0.25, -0.2) is 0 Å². The summed E-state index contributed by atoms with van der Waals surface area (Å²) in [7, 11) is 2.16. The summed E-state index contributed by atoms with van der Waals surface area (Å²) in [5.74, 6) is 2.87. The third-order valence-corrected chi connectivity index (χ3v) is 3.29. The lowest BCUT2D eigenvalue weighted by atomic mass is 10.1. The zero-order chi connectivity index (χ0) is 14.4. The van der Waals surface area contributed by atoms with Gasteiger partial charge in [0.2, 0.25) is 0 Å². The zero-order valence-electron chi connectivity index (χ0n) is 13.4. The van der Waals surface area contributed by atoms with Gasteiger partial charge in [0, 0.05) is 18.2 Å². The Balaban J connectivity index is 2.48. The summed E-state index contributed by atoms with van der Waals surface area (Å²) in [5, 5.41) is 3.44. The molecule has 0 atom stereocenters. The van der Waals surface area contributed by atoms with Crippen LogP contribution in [0.2, 0.25) is 0 Å². The van der Waals surface area contributed by atoms with Gasteiger partial charge in [-0.3, -0.25) is 4.90 Å². The van der Waals surface area contributed by atoms with E-state index in [4.69, 9.17) is 4.42 Å². The first-order valence-corrected chi connectivity index (χ1v) is 7.38. The van der Waals surface area contributed by atoms with Gasteiger partial charge in [0.15, 0.2) is 0 Å². The highest BCUT2D eigenvalue weighted by molar-refractivity contribution is 5.20. The molecule has 0 unspecified atom stereocenters. The normalized spacial score (nSPS) is 12.1. The molecule has 0 saturated heterocycles. The molecule has 0 bridgehead atoms. The lowest BCUT2D eigenvalue weighted by molar-refractivity contribution is 0.276. The highest BCUT2D eigenvalue weighted by atomic mass is 16.3. The van der Waals surface area contributed by atoms with Crippen molar-refractivity contribution in [3.63, 3.8) is 0 Å². The molecule has 0 spiro atoms. The van der Waals surface area contributed by atoms with Crippen LogP contribution in [0.15, 0.2) is 10.5 Å². The molecule has 110 valence electrons. The molecule has 19 heavy (non-hydrogen) atoms. The SMILES string of the molecule is Cc1oc(CN(C)CCC(C)C)cc1CNC(C)C. The highest BCUT2D eigenvalue weighted by Gasteiger charge is 2.10. The number of nitrogens with one attached hydrogen (secondary N) is 1. The van der Waals surface area contributed by atoms with E-state index >= 15 is 0 Å². The first-order chi connectivity index (χ1) is 8.88. The standard InChI is InChI=1S/C16H30N2O/c1-12(2)7-8-18(6)11-16-9-15(14(5)19-16)10-17-13(3)4/h9,12-13,17H,7-8,10-11H2,1-6H3. The molecule has 1 rings (SSSR count). The van der Waals surface area contributed by atoms with Crippen LogP contribution in [-0.2, 0) is 13.1 Å². The number of furan rings is 1. The lowest BCUT2D eigenvalue weighted by Crippen LogP contribution is -2.22. The molecule has 0 aliphatic carbocycles. The Morgan fingerprint density at radius 3 is 2.53 bits per heavy atom. The molecule has 1 aromatic heterocycles. The van der Waals surface area contributed by atoms with E-state index in [1.165, 1.54) is 12.0 Å². The van der Waals surface area contributed by atoms with Crippen LogP contribution in [0, 0.1) is 12.8 Å². The molecule has 3 heteroatoms.